The van der Waals surface area contributed by atoms with Crippen molar-refractivity contribution in [3.05, 3.63) is 47.9 Å². The normalized spacial score (nSPS) is 19.8. The van der Waals surface area contributed by atoms with E-state index in [-0.39, 0.29) is 23.4 Å². The molecule has 1 spiro atoms. The quantitative estimate of drug-likeness (QED) is 0.701. The summed E-state index contributed by atoms with van der Waals surface area (Å²) >= 11 is 0. The van der Waals surface area contributed by atoms with Crippen LogP contribution in [0.15, 0.2) is 41.1 Å². The van der Waals surface area contributed by atoms with Gasteiger partial charge in [-0.3, -0.25) is 14.4 Å². The average Bonchev–Trinajstić information content (AvgIpc) is 3.36. The highest BCUT2D eigenvalue weighted by Crippen LogP contribution is 2.37. The summed E-state index contributed by atoms with van der Waals surface area (Å²) in [7, 11) is 0. The number of benzene rings is 1. The van der Waals surface area contributed by atoms with Gasteiger partial charge in [0.15, 0.2) is 5.69 Å². The number of likely N-dealkylation sites (tertiary alicyclic amines) is 1. The van der Waals surface area contributed by atoms with Gasteiger partial charge in [0.25, 0.3) is 11.8 Å². The second kappa shape index (κ2) is 9.84. The van der Waals surface area contributed by atoms with Crippen molar-refractivity contribution in [1.29, 1.82) is 0 Å². The van der Waals surface area contributed by atoms with Gasteiger partial charge in [-0.05, 0) is 44.2 Å². The Kier molecular flexibility index (Phi) is 6.72. The SMILES string of the molecule is O=C1NCCNC(=O)C2(CCCCOc3ccccc31)CCN(C(=O)c1ccon1)CC2. The van der Waals surface area contributed by atoms with Gasteiger partial charge in [-0.15, -0.1) is 0 Å². The maximum atomic E-state index is 13.2. The van der Waals surface area contributed by atoms with E-state index in [0.29, 0.717) is 56.9 Å². The minimum atomic E-state index is -0.535. The van der Waals surface area contributed by atoms with Crippen molar-refractivity contribution in [3.8, 4) is 5.75 Å². The molecule has 1 fully saturated rings. The molecule has 1 aromatic heterocycles. The van der Waals surface area contributed by atoms with Gasteiger partial charge in [0, 0.05) is 32.2 Å². The van der Waals surface area contributed by atoms with Crippen molar-refractivity contribution in [2.75, 3.05) is 32.8 Å². The van der Waals surface area contributed by atoms with Crippen LogP contribution in [0.4, 0.5) is 0 Å². The number of amides is 3. The lowest BCUT2D eigenvalue weighted by Crippen LogP contribution is -2.51. The lowest BCUT2D eigenvalue weighted by Gasteiger charge is -2.40. The summed E-state index contributed by atoms with van der Waals surface area (Å²) in [6, 6.07) is 8.73. The minimum Gasteiger partial charge on any atom is -0.493 e. The fraction of sp³-hybridized carbons (Fsp3) is 0.478. The molecule has 0 atom stereocenters. The van der Waals surface area contributed by atoms with Gasteiger partial charge in [-0.25, -0.2) is 0 Å². The zero-order valence-corrected chi connectivity index (χ0v) is 18.0. The van der Waals surface area contributed by atoms with E-state index in [9.17, 15) is 14.4 Å². The Hall–Kier alpha value is -3.36. The Morgan fingerprint density at radius 3 is 2.56 bits per heavy atom. The van der Waals surface area contributed by atoms with E-state index in [1.807, 2.05) is 6.07 Å². The number of carbonyl (C=O) groups is 3. The van der Waals surface area contributed by atoms with Gasteiger partial charge in [0.1, 0.15) is 12.0 Å². The number of aromatic nitrogens is 1. The lowest BCUT2D eigenvalue weighted by molar-refractivity contribution is -0.134. The third kappa shape index (κ3) is 4.76. The summed E-state index contributed by atoms with van der Waals surface area (Å²) < 4.78 is 10.6. The zero-order valence-electron chi connectivity index (χ0n) is 18.0. The van der Waals surface area contributed by atoms with Crippen LogP contribution in [-0.2, 0) is 4.79 Å². The van der Waals surface area contributed by atoms with Gasteiger partial charge in [-0.1, -0.05) is 17.3 Å². The number of rotatable bonds is 1. The number of hydrogen-bond acceptors (Lipinski definition) is 6. The van der Waals surface area contributed by atoms with Crippen molar-refractivity contribution in [1.82, 2.24) is 20.7 Å². The highest BCUT2D eigenvalue weighted by atomic mass is 16.5. The molecule has 32 heavy (non-hydrogen) atoms. The highest BCUT2D eigenvalue weighted by Gasteiger charge is 2.42. The van der Waals surface area contributed by atoms with E-state index in [0.717, 1.165) is 19.3 Å². The Labute approximate surface area is 186 Å². The Morgan fingerprint density at radius 1 is 1.00 bits per heavy atom. The van der Waals surface area contributed by atoms with Crippen LogP contribution in [0, 0.1) is 5.41 Å². The number of nitrogens with zero attached hydrogens (tertiary/aromatic N) is 2. The van der Waals surface area contributed by atoms with E-state index in [2.05, 4.69) is 15.8 Å². The Balaban J connectivity index is 1.41. The number of ether oxygens (including phenoxy) is 1. The molecule has 2 N–H and O–H groups in total. The molecule has 2 aliphatic heterocycles. The van der Waals surface area contributed by atoms with E-state index < -0.39 is 5.41 Å². The zero-order chi connectivity index (χ0) is 22.4. The first kappa shape index (κ1) is 21.9. The van der Waals surface area contributed by atoms with Gasteiger partial charge in [0.2, 0.25) is 5.91 Å². The molecular formula is C23H28N4O5. The highest BCUT2D eigenvalue weighted by molar-refractivity contribution is 5.97. The lowest BCUT2D eigenvalue weighted by atomic mass is 9.73. The van der Waals surface area contributed by atoms with Gasteiger partial charge < -0.3 is 24.8 Å². The second-order valence-corrected chi connectivity index (χ2v) is 8.27. The largest absolute Gasteiger partial charge is 0.493 e. The average molecular weight is 441 g/mol. The molecule has 2 aliphatic rings. The van der Waals surface area contributed by atoms with Crippen LogP contribution in [0.1, 0.15) is 53.0 Å². The van der Waals surface area contributed by atoms with Crippen LogP contribution in [0.2, 0.25) is 0 Å². The molecule has 0 unspecified atom stereocenters. The van der Waals surface area contributed by atoms with E-state index >= 15 is 0 Å². The van der Waals surface area contributed by atoms with E-state index in [1.165, 1.54) is 6.26 Å². The number of nitrogens with one attached hydrogen (secondary N) is 2. The predicted octanol–water partition coefficient (Wildman–Crippen LogP) is 2.01. The fourth-order valence-corrected chi connectivity index (χ4v) is 4.38. The maximum absolute atomic E-state index is 13.2. The molecule has 1 saturated heterocycles. The van der Waals surface area contributed by atoms with Crippen molar-refractivity contribution < 1.29 is 23.6 Å². The summed E-state index contributed by atoms with van der Waals surface area (Å²) in [4.78, 5) is 39.9. The first-order valence-corrected chi connectivity index (χ1v) is 11.1. The monoisotopic (exact) mass is 440 g/mol. The predicted molar refractivity (Wildman–Crippen MR) is 115 cm³/mol. The molecule has 3 heterocycles. The Bertz CT molecular complexity index is 951. The molecule has 9 heteroatoms. The molecule has 0 saturated carbocycles. The standard InChI is InChI=1S/C23H28N4O5/c28-20-17-5-1-2-6-19(17)31-15-4-3-8-23(22(30)25-12-11-24-20)9-13-27(14-10-23)21(29)18-7-16-32-26-18/h1-2,5-7,16H,3-4,8-15H2,(H,24,28)(H,25,30). The summed E-state index contributed by atoms with van der Waals surface area (Å²) in [5.74, 6) is 0.158. The molecule has 170 valence electrons. The van der Waals surface area contributed by atoms with Crippen molar-refractivity contribution in [3.63, 3.8) is 0 Å². The first-order chi connectivity index (χ1) is 15.6. The molecule has 9 nitrogen and oxygen atoms in total. The van der Waals surface area contributed by atoms with Crippen molar-refractivity contribution in [2.45, 2.75) is 32.1 Å². The summed E-state index contributed by atoms with van der Waals surface area (Å²) in [5.41, 5.74) is 0.244. The number of piperidine rings is 1. The molecule has 4 rings (SSSR count). The van der Waals surface area contributed by atoms with Crippen LogP contribution >= 0.6 is 0 Å². The maximum Gasteiger partial charge on any atom is 0.276 e. The fourth-order valence-electron chi connectivity index (χ4n) is 4.38. The van der Waals surface area contributed by atoms with E-state index in [1.54, 1.807) is 29.2 Å². The van der Waals surface area contributed by atoms with Crippen LogP contribution in [0.5, 0.6) is 5.75 Å². The first-order valence-electron chi connectivity index (χ1n) is 11.1. The molecule has 0 radical (unpaired) electrons. The van der Waals surface area contributed by atoms with Gasteiger partial charge in [-0.2, -0.15) is 0 Å². The minimum absolute atomic E-state index is 0.0151. The van der Waals surface area contributed by atoms with Crippen molar-refractivity contribution >= 4 is 17.7 Å². The molecule has 3 amide bonds. The third-order valence-electron chi connectivity index (χ3n) is 6.28. The van der Waals surface area contributed by atoms with E-state index in [4.69, 9.17) is 9.26 Å². The summed E-state index contributed by atoms with van der Waals surface area (Å²) in [6.07, 6.45) is 4.85. The van der Waals surface area contributed by atoms with Crippen LogP contribution in [0.3, 0.4) is 0 Å². The smallest absolute Gasteiger partial charge is 0.276 e. The van der Waals surface area contributed by atoms with Crippen LogP contribution in [0.25, 0.3) is 0 Å². The number of carbonyl (C=O) groups excluding carboxylic acids is 3. The second-order valence-electron chi connectivity index (χ2n) is 8.27. The van der Waals surface area contributed by atoms with Crippen LogP contribution < -0.4 is 15.4 Å². The third-order valence-corrected chi connectivity index (χ3v) is 6.28. The number of fused-ring (bicyclic) bond motifs is 1. The molecular weight excluding hydrogens is 412 g/mol. The Morgan fingerprint density at radius 2 is 1.78 bits per heavy atom. The molecule has 1 aromatic carbocycles. The summed E-state index contributed by atoms with van der Waals surface area (Å²) in [6.45, 7) is 2.11. The van der Waals surface area contributed by atoms with Crippen molar-refractivity contribution in [2.24, 2.45) is 5.41 Å². The molecule has 0 aliphatic carbocycles. The topological polar surface area (TPSA) is 114 Å². The molecule has 2 aromatic rings. The number of hydrogen-bond donors (Lipinski definition) is 2. The summed E-state index contributed by atoms with van der Waals surface area (Å²) in [5, 5.41) is 9.56. The van der Waals surface area contributed by atoms with Gasteiger partial charge in [0.05, 0.1) is 17.6 Å². The van der Waals surface area contributed by atoms with Crippen LogP contribution in [-0.4, -0.2) is 60.6 Å². The molecule has 0 bridgehead atoms. The van der Waals surface area contributed by atoms with Gasteiger partial charge >= 0.3 is 0 Å². The number of para-hydroxylation sites is 1.